The highest BCUT2D eigenvalue weighted by molar-refractivity contribution is 5.90. The highest BCUT2D eigenvalue weighted by atomic mass is 16.4. The summed E-state index contributed by atoms with van der Waals surface area (Å²) in [5.41, 5.74) is 2.79. The van der Waals surface area contributed by atoms with Crippen LogP contribution in [0.4, 0.5) is 0 Å². The Kier molecular flexibility index (Phi) is 2.45. The van der Waals surface area contributed by atoms with E-state index in [1.54, 1.807) is 11.6 Å². The monoisotopic (exact) mass is 232 g/mol. The molecule has 2 aromatic rings. The summed E-state index contributed by atoms with van der Waals surface area (Å²) in [6, 6.07) is 5.89. The molecule has 0 aliphatic carbocycles. The van der Waals surface area contributed by atoms with Gasteiger partial charge >= 0.3 is 5.97 Å². The maximum absolute atomic E-state index is 11.0. The van der Waals surface area contributed by atoms with Gasteiger partial charge in [-0.2, -0.15) is 0 Å². The maximum atomic E-state index is 11.0. The van der Waals surface area contributed by atoms with Crippen molar-refractivity contribution in [2.24, 2.45) is 7.05 Å². The summed E-state index contributed by atoms with van der Waals surface area (Å²) in [4.78, 5) is 15.1. The van der Waals surface area contributed by atoms with E-state index < -0.39 is 5.97 Å². The van der Waals surface area contributed by atoms with Crippen molar-refractivity contribution in [3.8, 4) is 0 Å². The average Bonchev–Trinajstić information content (AvgIpc) is 2.54. The van der Waals surface area contributed by atoms with Crippen molar-refractivity contribution in [3.63, 3.8) is 0 Å². The second-order valence-corrected chi connectivity index (χ2v) is 5.25. The smallest absolute Gasteiger partial charge is 0.372 e. The number of benzene rings is 1. The third kappa shape index (κ3) is 1.90. The molecule has 1 aromatic heterocycles. The van der Waals surface area contributed by atoms with Gasteiger partial charge in [-0.3, -0.25) is 0 Å². The number of hydrogen-bond acceptors (Lipinski definition) is 2. The lowest BCUT2D eigenvalue weighted by molar-refractivity contribution is 0.0680. The zero-order valence-corrected chi connectivity index (χ0v) is 10.5. The van der Waals surface area contributed by atoms with Crippen molar-refractivity contribution in [3.05, 3.63) is 29.6 Å². The van der Waals surface area contributed by atoms with Crippen LogP contribution in [0.25, 0.3) is 11.0 Å². The number of carboxylic acid groups (broad SMARTS) is 1. The van der Waals surface area contributed by atoms with Gasteiger partial charge in [0.25, 0.3) is 0 Å². The highest BCUT2D eigenvalue weighted by Gasteiger charge is 2.18. The SMILES string of the molecule is Cn1c(C(=O)O)nc2ccc(C(C)(C)C)cc21. The van der Waals surface area contributed by atoms with Crippen LogP contribution < -0.4 is 0 Å². The molecule has 0 aliphatic rings. The van der Waals surface area contributed by atoms with Crippen molar-refractivity contribution in [1.82, 2.24) is 9.55 Å². The first-order valence-electron chi connectivity index (χ1n) is 5.51. The predicted molar refractivity (Wildman–Crippen MR) is 66.4 cm³/mol. The molecule has 1 heterocycles. The Morgan fingerprint density at radius 1 is 1.35 bits per heavy atom. The average molecular weight is 232 g/mol. The molecule has 17 heavy (non-hydrogen) atoms. The highest BCUT2D eigenvalue weighted by Crippen LogP contribution is 2.26. The molecule has 0 bridgehead atoms. The zero-order valence-electron chi connectivity index (χ0n) is 10.5. The molecule has 0 radical (unpaired) electrons. The van der Waals surface area contributed by atoms with Crippen LogP contribution in [0.1, 0.15) is 37.0 Å². The fourth-order valence-electron chi connectivity index (χ4n) is 1.85. The van der Waals surface area contributed by atoms with E-state index in [2.05, 4.69) is 25.8 Å². The minimum absolute atomic E-state index is 0.0435. The fourth-order valence-corrected chi connectivity index (χ4v) is 1.85. The number of aromatic carboxylic acids is 1. The first kappa shape index (κ1) is 11.6. The van der Waals surface area contributed by atoms with E-state index in [0.29, 0.717) is 0 Å². The van der Waals surface area contributed by atoms with Crippen molar-refractivity contribution >= 4 is 17.0 Å². The summed E-state index contributed by atoms with van der Waals surface area (Å²) < 4.78 is 1.62. The van der Waals surface area contributed by atoms with Crippen LogP contribution in [0.2, 0.25) is 0 Å². The number of nitrogens with zero attached hydrogens (tertiary/aromatic N) is 2. The van der Waals surface area contributed by atoms with E-state index in [1.165, 1.54) is 5.56 Å². The number of hydrogen-bond donors (Lipinski definition) is 1. The summed E-state index contributed by atoms with van der Waals surface area (Å²) in [6.45, 7) is 6.38. The molecule has 0 atom stereocenters. The van der Waals surface area contributed by atoms with Crippen LogP contribution in [0.5, 0.6) is 0 Å². The van der Waals surface area contributed by atoms with Crippen LogP contribution >= 0.6 is 0 Å². The Balaban J connectivity index is 2.70. The number of fused-ring (bicyclic) bond motifs is 1. The molecular formula is C13H16N2O2. The Labute approximate surface area is 99.9 Å². The fraction of sp³-hybridized carbons (Fsp3) is 0.385. The van der Waals surface area contributed by atoms with Gasteiger partial charge in [-0.25, -0.2) is 9.78 Å². The summed E-state index contributed by atoms with van der Waals surface area (Å²) in [6.07, 6.45) is 0. The molecular weight excluding hydrogens is 216 g/mol. The van der Waals surface area contributed by atoms with Crippen molar-refractivity contribution in [1.29, 1.82) is 0 Å². The molecule has 0 aliphatic heterocycles. The number of carboxylic acids is 1. The standard InChI is InChI=1S/C13H16N2O2/c1-13(2,3)8-5-6-9-10(7-8)15(4)11(14-9)12(16)17/h5-7H,1-4H3,(H,16,17). The van der Waals surface area contributed by atoms with Gasteiger partial charge in [0.1, 0.15) is 0 Å². The number of aromatic nitrogens is 2. The second kappa shape index (κ2) is 3.58. The van der Waals surface area contributed by atoms with Gasteiger partial charge in [-0.05, 0) is 23.1 Å². The first-order chi connectivity index (χ1) is 7.80. The molecule has 0 saturated heterocycles. The lowest BCUT2D eigenvalue weighted by atomic mass is 9.87. The minimum atomic E-state index is -0.999. The van der Waals surface area contributed by atoms with E-state index in [0.717, 1.165) is 11.0 Å². The Hall–Kier alpha value is -1.84. The number of carbonyl (C=O) groups is 1. The van der Waals surface area contributed by atoms with Crippen LogP contribution in [0.3, 0.4) is 0 Å². The Morgan fingerprint density at radius 2 is 2.00 bits per heavy atom. The number of aryl methyl sites for hydroxylation is 1. The Morgan fingerprint density at radius 3 is 2.53 bits per heavy atom. The zero-order chi connectivity index (χ0) is 12.8. The molecule has 90 valence electrons. The molecule has 0 spiro atoms. The van der Waals surface area contributed by atoms with Gasteiger partial charge in [0, 0.05) is 7.05 Å². The van der Waals surface area contributed by atoms with Crippen LogP contribution in [-0.4, -0.2) is 20.6 Å². The van der Waals surface area contributed by atoms with Crippen LogP contribution in [-0.2, 0) is 12.5 Å². The molecule has 0 unspecified atom stereocenters. The van der Waals surface area contributed by atoms with E-state index in [9.17, 15) is 4.79 Å². The van der Waals surface area contributed by atoms with Crippen molar-refractivity contribution < 1.29 is 9.90 Å². The lowest BCUT2D eigenvalue weighted by Crippen LogP contribution is -2.11. The van der Waals surface area contributed by atoms with E-state index >= 15 is 0 Å². The first-order valence-corrected chi connectivity index (χ1v) is 5.51. The third-order valence-corrected chi connectivity index (χ3v) is 2.94. The summed E-state index contributed by atoms with van der Waals surface area (Å²) in [7, 11) is 1.73. The van der Waals surface area contributed by atoms with Crippen LogP contribution in [0.15, 0.2) is 18.2 Å². The van der Waals surface area contributed by atoms with E-state index in [4.69, 9.17) is 5.11 Å². The van der Waals surface area contributed by atoms with Gasteiger partial charge in [-0.1, -0.05) is 26.8 Å². The molecule has 0 fully saturated rings. The second-order valence-electron chi connectivity index (χ2n) is 5.25. The van der Waals surface area contributed by atoms with Gasteiger partial charge in [-0.15, -0.1) is 0 Å². The topological polar surface area (TPSA) is 55.1 Å². The minimum Gasteiger partial charge on any atom is -0.475 e. The van der Waals surface area contributed by atoms with Gasteiger partial charge in [0.15, 0.2) is 0 Å². The van der Waals surface area contributed by atoms with E-state index in [-0.39, 0.29) is 11.2 Å². The molecule has 0 amide bonds. The predicted octanol–water partition coefficient (Wildman–Crippen LogP) is 2.57. The van der Waals surface area contributed by atoms with Gasteiger partial charge < -0.3 is 9.67 Å². The normalized spacial score (nSPS) is 12.0. The molecule has 1 N–H and O–H groups in total. The van der Waals surface area contributed by atoms with Gasteiger partial charge in [0.05, 0.1) is 11.0 Å². The molecule has 4 nitrogen and oxygen atoms in total. The third-order valence-electron chi connectivity index (χ3n) is 2.94. The van der Waals surface area contributed by atoms with Crippen LogP contribution in [0, 0.1) is 0 Å². The van der Waals surface area contributed by atoms with E-state index in [1.807, 2.05) is 18.2 Å². The molecule has 0 saturated carbocycles. The lowest BCUT2D eigenvalue weighted by Gasteiger charge is -2.18. The van der Waals surface area contributed by atoms with Gasteiger partial charge in [0.2, 0.25) is 5.82 Å². The van der Waals surface area contributed by atoms with Crippen molar-refractivity contribution in [2.75, 3.05) is 0 Å². The molecule has 4 heteroatoms. The van der Waals surface area contributed by atoms with Crippen molar-refractivity contribution in [2.45, 2.75) is 26.2 Å². The summed E-state index contributed by atoms with van der Waals surface area (Å²) in [5.74, 6) is -0.924. The number of imidazole rings is 1. The maximum Gasteiger partial charge on any atom is 0.372 e. The Bertz CT molecular complexity index is 591. The number of rotatable bonds is 1. The summed E-state index contributed by atoms with van der Waals surface area (Å²) >= 11 is 0. The quantitative estimate of drug-likeness (QED) is 0.822. The summed E-state index contributed by atoms with van der Waals surface area (Å²) in [5, 5.41) is 9.01. The largest absolute Gasteiger partial charge is 0.475 e. The molecule has 1 aromatic carbocycles. The molecule has 2 rings (SSSR count).